The second-order valence-corrected chi connectivity index (χ2v) is 9.28. The molecule has 0 atom stereocenters. The van der Waals surface area contributed by atoms with Crippen molar-refractivity contribution in [3.05, 3.63) is 82.4 Å². The summed E-state index contributed by atoms with van der Waals surface area (Å²) < 4.78 is 29.1. The number of carbonyl (C=O) groups excluding carboxylic acids is 1. The molecule has 3 aromatic rings. The van der Waals surface area contributed by atoms with Crippen molar-refractivity contribution in [1.82, 2.24) is 0 Å². The Morgan fingerprint density at radius 3 is 2.34 bits per heavy atom. The number of nitrogens with one attached hydrogen (secondary N) is 1. The van der Waals surface area contributed by atoms with Crippen molar-refractivity contribution < 1.29 is 17.9 Å². The highest BCUT2D eigenvalue weighted by atomic mass is 35.5. The fraction of sp³-hybridized carbons (Fsp3) is 0.0870. The molecule has 0 fully saturated rings. The second kappa shape index (κ2) is 9.52. The van der Waals surface area contributed by atoms with E-state index in [1.165, 1.54) is 30.3 Å². The van der Waals surface area contributed by atoms with Crippen LogP contribution in [0.2, 0.25) is 5.02 Å². The smallest absolute Gasteiger partial charge is 0.228 e. The van der Waals surface area contributed by atoms with Crippen LogP contribution in [-0.2, 0) is 21.1 Å². The van der Waals surface area contributed by atoms with Crippen LogP contribution in [0.1, 0.15) is 16.7 Å². The quantitative estimate of drug-likeness (QED) is 0.573. The third-order valence-electron chi connectivity index (χ3n) is 4.30. The Balaban J connectivity index is 1.77. The molecular weight excluding hydrogens is 450 g/mol. The highest BCUT2D eigenvalue weighted by Crippen LogP contribution is 2.31. The minimum atomic E-state index is -3.39. The Kier molecular flexibility index (Phi) is 6.79. The van der Waals surface area contributed by atoms with Crippen LogP contribution >= 0.6 is 11.6 Å². The lowest BCUT2D eigenvalue weighted by Gasteiger charge is -2.11. The van der Waals surface area contributed by atoms with E-state index in [1.54, 1.807) is 30.3 Å². The third-order valence-corrected chi connectivity index (χ3v) is 5.72. The topological polar surface area (TPSA) is 120 Å². The molecule has 1 N–H and O–H groups in total. The summed E-state index contributed by atoms with van der Waals surface area (Å²) in [6.07, 6.45) is 1.08. The average Bonchev–Trinajstić information content (AvgIpc) is 2.75. The lowest BCUT2D eigenvalue weighted by molar-refractivity contribution is -0.115. The molecule has 0 aromatic heterocycles. The number of anilines is 1. The molecule has 0 radical (unpaired) electrons. The summed E-state index contributed by atoms with van der Waals surface area (Å²) in [5.41, 5.74) is 1.49. The fourth-order valence-electron chi connectivity index (χ4n) is 2.85. The molecule has 7 nitrogen and oxygen atoms in total. The van der Waals surface area contributed by atoms with Crippen molar-refractivity contribution in [2.45, 2.75) is 11.3 Å². The Bertz CT molecular complexity index is 1360. The van der Waals surface area contributed by atoms with Gasteiger partial charge in [-0.05, 0) is 54.1 Å². The molecule has 0 aliphatic heterocycles. The van der Waals surface area contributed by atoms with Crippen molar-refractivity contribution in [3.63, 3.8) is 0 Å². The molecule has 3 aromatic carbocycles. The Morgan fingerprint density at radius 1 is 1.03 bits per heavy atom. The molecule has 0 heterocycles. The molecule has 1 amide bonds. The van der Waals surface area contributed by atoms with Crippen molar-refractivity contribution >= 4 is 33.0 Å². The molecular formula is C23H16ClN3O4S. The molecule has 0 bridgehead atoms. The number of hydrogen-bond donors (Lipinski definition) is 1. The van der Waals surface area contributed by atoms with Gasteiger partial charge < -0.3 is 10.1 Å². The normalized spacial score (nSPS) is 10.6. The van der Waals surface area contributed by atoms with Gasteiger partial charge in [0.15, 0.2) is 9.84 Å². The van der Waals surface area contributed by atoms with Crippen LogP contribution in [0.3, 0.4) is 0 Å². The second-order valence-electron chi connectivity index (χ2n) is 6.86. The molecule has 160 valence electrons. The van der Waals surface area contributed by atoms with Crippen LogP contribution in [0.5, 0.6) is 11.5 Å². The summed E-state index contributed by atoms with van der Waals surface area (Å²) in [6.45, 7) is 0. The number of hydrogen-bond acceptors (Lipinski definition) is 6. The lowest BCUT2D eigenvalue weighted by Crippen LogP contribution is -2.14. The maximum absolute atomic E-state index is 12.5. The predicted molar refractivity (Wildman–Crippen MR) is 119 cm³/mol. The molecule has 0 saturated heterocycles. The molecule has 32 heavy (non-hydrogen) atoms. The van der Waals surface area contributed by atoms with Crippen LogP contribution in [0.25, 0.3) is 0 Å². The van der Waals surface area contributed by atoms with E-state index in [0.717, 1.165) is 6.26 Å². The van der Waals surface area contributed by atoms with E-state index in [4.69, 9.17) is 26.9 Å². The molecule has 0 aliphatic rings. The number of benzene rings is 3. The number of amides is 1. The van der Waals surface area contributed by atoms with Gasteiger partial charge in [0.1, 0.15) is 11.5 Å². The SMILES string of the molecule is CS(=O)(=O)c1cccc(NC(=O)Cc2ccc(Cl)c(Oc3cc(C#N)cc(C#N)c3)c2)c1. The summed E-state index contributed by atoms with van der Waals surface area (Å²) in [7, 11) is -3.39. The van der Waals surface area contributed by atoms with Gasteiger partial charge >= 0.3 is 0 Å². The maximum atomic E-state index is 12.5. The van der Waals surface area contributed by atoms with Crippen LogP contribution in [0.15, 0.2) is 65.6 Å². The number of nitriles is 2. The molecule has 3 rings (SSSR count). The van der Waals surface area contributed by atoms with Gasteiger partial charge in [-0.2, -0.15) is 10.5 Å². The maximum Gasteiger partial charge on any atom is 0.228 e. The molecule has 0 saturated carbocycles. The minimum absolute atomic E-state index is 0.0156. The van der Waals surface area contributed by atoms with Crippen molar-refractivity contribution in [3.8, 4) is 23.6 Å². The van der Waals surface area contributed by atoms with Crippen LogP contribution in [0, 0.1) is 22.7 Å². The summed E-state index contributed by atoms with van der Waals surface area (Å²) in [5.74, 6) is 0.166. The van der Waals surface area contributed by atoms with Gasteiger partial charge in [-0.15, -0.1) is 0 Å². The van der Waals surface area contributed by atoms with Gasteiger partial charge in [0, 0.05) is 11.9 Å². The summed E-state index contributed by atoms with van der Waals surface area (Å²) in [5, 5.41) is 21.2. The van der Waals surface area contributed by atoms with Crippen LogP contribution < -0.4 is 10.1 Å². The van der Waals surface area contributed by atoms with E-state index in [1.807, 2.05) is 12.1 Å². The highest BCUT2D eigenvalue weighted by Gasteiger charge is 2.12. The lowest BCUT2D eigenvalue weighted by atomic mass is 10.1. The van der Waals surface area contributed by atoms with Gasteiger partial charge in [0.25, 0.3) is 0 Å². The molecule has 0 spiro atoms. The zero-order chi connectivity index (χ0) is 23.3. The van der Waals surface area contributed by atoms with Gasteiger partial charge in [-0.1, -0.05) is 23.7 Å². The zero-order valence-electron chi connectivity index (χ0n) is 16.8. The van der Waals surface area contributed by atoms with Gasteiger partial charge in [0.2, 0.25) is 5.91 Å². The van der Waals surface area contributed by atoms with Gasteiger partial charge in [-0.25, -0.2) is 8.42 Å². The first-order valence-electron chi connectivity index (χ1n) is 9.19. The van der Waals surface area contributed by atoms with Crippen LogP contribution in [0.4, 0.5) is 5.69 Å². The Labute approximate surface area is 190 Å². The van der Waals surface area contributed by atoms with E-state index >= 15 is 0 Å². The minimum Gasteiger partial charge on any atom is -0.456 e. The molecule has 0 aliphatic carbocycles. The first kappa shape index (κ1) is 22.8. The van der Waals surface area contributed by atoms with Crippen molar-refractivity contribution in [2.75, 3.05) is 11.6 Å². The third kappa shape index (κ3) is 5.86. The number of ether oxygens (including phenoxy) is 1. The average molecular weight is 466 g/mol. The monoisotopic (exact) mass is 465 g/mol. The molecule has 0 unspecified atom stereocenters. The van der Waals surface area contributed by atoms with E-state index in [2.05, 4.69) is 5.32 Å². The van der Waals surface area contributed by atoms with E-state index in [-0.39, 0.29) is 44.9 Å². The van der Waals surface area contributed by atoms with E-state index in [9.17, 15) is 13.2 Å². The van der Waals surface area contributed by atoms with Gasteiger partial charge in [-0.3, -0.25) is 4.79 Å². The zero-order valence-corrected chi connectivity index (χ0v) is 18.4. The van der Waals surface area contributed by atoms with Gasteiger partial charge in [0.05, 0.1) is 39.6 Å². The predicted octanol–water partition coefficient (Wildman–Crippen LogP) is 4.46. The number of nitrogens with zero attached hydrogens (tertiary/aromatic N) is 2. The fourth-order valence-corrected chi connectivity index (χ4v) is 3.67. The number of rotatable bonds is 6. The Hall–Kier alpha value is -3.85. The Morgan fingerprint density at radius 2 is 1.72 bits per heavy atom. The van der Waals surface area contributed by atoms with E-state index in [0.29, 0.717) is 11.3 Å². The highest BCUT2D eigenvalue weighted by molar-refractivity contribution is 7.90. The first-order valence-corrected chi connectivity index (χ1v) is 11.5. The molecule has 9 heteroatoms. The van der Waals surface area contributed by atoms with Crippen LogP contribution in [-0.4, -0.2) is 20.6 Å². The number of carbonyl (C=O) groups is 1. The first-order chi connectivity index (χ1) is 15.2. The summed E-state index contributed by atoms with van der Waals surface area (Å²) in [6, 6.07) is 19.1. The standard InChI is InChI=1S/C23H16ClN3O4S/c1-32(29,30)20-4-2-3-18(12-20)27-23(28)11-15-5-6-21(24)22(10-15)31-19-8-16(13-25)7-17(9-19)14-26/h2-10,12H,11H2,1H3,(H,27,28). The largest absolute Gasteiger partial charge is 0.456 e. The number of halogens is 1. The summed E-state index contributed by atoms with van der Waals surface area (Å²) >= 11 is 6.21. The van der Waals surface area contributed by atoms with Crippen molar-refractivity contribution in [1.29, 1.82) is 10.5 Å². The summed E-state index contributed by atoms with van der Waals surface area (Å²) in [4.78, 5) is 12.6. The number of sulfone groups is 1. The van der Waals surface area contributed by atoms with E-state index < -0.39 is 9.84 Å². The van der Waals surface area contributed by atoms with Crippen molar-refractivity contribution in [2.24, 2.45) is 0 Å².